The molecule has 6 heteroatoms. The fourth-order valence-electron chi connectivity index (χ4n) is 2.06. The number of benzene rings is 2. The molecule has 0 aromatic heterocycles. The van der Waals surface area contributed by atoms with Crippen LogP contribution in [0.25, 0.3) is 0 Å². The lowest BCUT2D eigenvalue weighted by Gasteiger charge is -2.19. The van der Waals surface area contributed by atoms with Gasteiger partial charge in [0.1, 0.15) is 5.82 Å². The van der Waals surface area contributed by atoms with E-state index >= 15 is 0 Å². The molecule has 0 aliphatic heterocycles. The van der Waals surface area contributed by atoms with Crippen molar-refractivity contribution in [2.75, 3.05) is 0 Å². The second-order valence-corrected chi connectivity index (χ2v) is 6.57. The molecule has 0 bridgehead atoms. The highest BCUT2D eigenvalue weighted by atomic mass is 79.9. The molecule has 2 aromatic rings. The lowest BCUT2D eigenvalue weighted by atomic mass is 9.97. The molecule has 3 N–H and O–H groups in total. The van der Waals surface area contributed by atoms with E-state index < -0.39 is 11.9 Å². The van der Waals surface area contributed by atoms with Crippen LogP contribution in [0.4, 0.5) is 4.39 Å². The summed E-state index contributed by atoms with van der Waals surface area (Å²) in [5.41, 5.74) is 4.95. The van der Waals surface area contributed by atoms with E-state index in [1.807, 2.05) is 25.1 Å². The first-order chi connectivity index (χ1) is 9.43. The maximum Gasteiger partial charge on any atom is 0.148 e. The smallest absolute Gasteiger partial charge is 0.148 e. The summed E-state index contributed by atoms with van der Waals surface area (Å²) >= 11 is 12.6. The average Bonchev–Trinajstić information content (AvgIpc) is 2.38. The quantitative estimate of drug-likeness (QED) is 0.421. The Morgan fingerprint density at radius 3 is 2.55 bits per heavy atom. The van der Waals surface area contributed by atoms with Gasteiger partial charge in [0.2, 0.25) is 0 Å². The van der Waals surface area contributed by atoms with Gasteiger partial charge >= 0.3 is 0 Å². The number of halogens is 4. The van der Waals surface area contributed by atoms with Crippen molar-refractivity contribution in [3.8, 4) is 0 Å². The van der Waals surface area contributed by atoms with E-state index in [4.69, 9.17) is 17.4 Å². The number of hydrazine groups is 1. The van der Waals surface area contributed by atoms with Crippen molar-refractivity contribution in [1.29, 1.82) is 0 Å². The predicted molar refractivity (Wildman–Crippen MR) is 87.2 cm³/mol. The van der Waals surface area contributed by atoms with E-state index in [1.54, 1.807) is 12.1 Å². The molecule has 0 aliphatic carbocycles. The van der Waals surface area contributed by atoms with Crippen LogP contribution >= 0.6 is 43.5 Å². The third-order valence-electron chi connectivity index (χ3n) is 2.94. The molecule has 0 radical (unpaired) electrons. The molecule has 0 heterocycles. The molecule has 0 saturated heterocycles. The van der Waals surface area contributed by atoms with Gasteiger partial charge in [0.15, 0.2) is 0 Å². The molecule has 0 amide bonds. The van der Waals surface area contributed by atoms with Gasteiger partial charge in [0.05, 0.1) is 11.1 Å². The van der Waals surface area contributed by atoms with Gasteiger partial charge in [0, 0.05) is 14.5 Å². The third kappa shape index (κ3) is 3.23. The lowest BCUT2D eigenvalue weighted by molar-refractivity contribution is 0.559. The third-order valence-corrected chi connectivity index (χ3v) is 4.66. The summed E-state index contributed by atoms with van der Waals surface area (Å²) in [6, 6.07) is 8.71. The minimum absolute atomic E-state index is 0.0504. The highest BCUT2D eigenvalue weighted by Gasteiger charge is 2.20. The van der Waals surface area contributed by atoms with E-state index in [0.29, 0.717) is 10.0 Å². The van der Waals surface area contributed by atoms with Crippen molar-refractivity contribution in [3.05, 3.63) is 66.8 Å². The van der Waals surface area contributed by atoms with E-state index in [-0.39, 0.29) is 5.02 Å². The standard InChI is InChI=1S/C14H12Br2ClFN2/c1-7-4-8(6-9(15)5-7)14(20-19)10-2-3-11(16)12(17)13(10)18/h2-6,14,20H,19H2,1H3. The van der Waals surface area contributed by atoms with Gasteiger partial charge in [-0.3, -0.25) is 5.84 Å². The molecule has 0 saturated carbocycles. The van der Waals surface area contributed by atoms with Crippen molar-refractivity contribution in [2.24, 2.45) is 5.84 Å². The Balaban J connectivity index is 2.55. The van der Waals surface area contributed by atoms with Gasteiger partial charge in [-0.2, -0.15) is 0 Å². The van der Waals surface area contributed by atoms with Crippen LogP contribution in [0.15, 0.2) is 39.3 Å². The summed E-state index contributed by atoms with van der Waals surface area (Å²) < 4.78 is 15.7. The van der Waals surface area contributed by atoms with Crippen LogP contribution in [0.5, 0.6) is 0 Å². The van der Waals surface area contributed by atoms with Crippen LogP contribution in [0.3, 0.4) is 0 Å². The molecule has 106 valence electrons. The first kappa shape index (κ1) is 15.9. The molecule has 20 heavy (non-hydrogen) atoms. The minimum atomic E-state index is -0.485. The summed E-state index contributed by atoms with van der Waals surface area (Å²) in [6.45, 7) is 1.97. The Morgan fingerprint density at radius 2 is 1.95 bits per heavy atom. The van der Waals surface area contributed by atoms with Crippen molar-refractivity contribution >= 4 is 43.5 Å². The largest absolute Gasteiger partial charge is 0.271 e. The van der Waals surface area contributed by atoms with Crippen LogP contribution in [0.2, 0.25) is 5.02 Å². The van der Waals surface area contributed by atoms with Gasteiger partial charge in [-0.1, -0.05) is 39.7 Å². The van der Waals surface area contributed by atoms with Gasteiger partial charge < -0.3 is 0 Å². The zero-order valence-corrected chi connectivity index (χ0v) is 14.5. The van der Waals surface area contributed by atoms with Crippen LogP contribution < -0.4 is 11.3 Å². The first-order valence-corrected chi connectivity index (χ1v) is 7.77. The summed E-state index contributed by atoms with van der Waals surface area (Å²) in [5.74, 6) is 5.12. The fraction of sp³-hybridized carbons (Fsp3) is 0.143. The summed E-state index contributed by atoms with van der Waals surface area (Å²) in [6.07, 6.45) is 0. The number of hydrogen-bond donors (Lipinski definition) is 2. The number of hydrogen-bond acceptors (Lipinski definition) is 2. The molecule has 2 aromatic carbocycles. The van der Waals surface area contributed by atoms with Crippen LogP contribution in [0, 0.1) is 12.7 Å². The Hall–Kier alpha value is -0.460. The Labute approximate surface area is 138 Å². The molecular formula is C14H12Br2ClFN2. The predicted octanol–water partition coefficient (Wildman–Crippen LogP) is 4.87. The number of aryl methyl sites for hydroxylation is 1. The molecule has 1 unspecified atom stereocenters. The van der Waals surface area contributed by atoms with Crippen molar-refractivity contribution in [2.45, 2.75) is 13.0 Å². The van der Waals surface area contributed by atoms with E-state index in [9.17, 15) is 4.39 Å². The molecule has 0 aliphatic rings. The SMILES string of the molecule is Cc1cc(Br)cc(C(NN)c2ccc(Br)c(Cl)c2F)c1. The zero-order valence-electron chi connectivity index (χ0n) is 10.6. The highest BCUT2D eigenvalue weighted by Crippen LogP contribution is 2.33. The number of rotatable bonds is 3. The van der Waals surface area contributed by atoms with Crippen molar-refractivity contribution in [1.82, 2.24) is 5.43 Å². The summed E-state index contributed by atoms with van der Waals surface area (Å²) in [5, 5.41) is 0.0504. The second kappa shape index (κ2) is 6.54. The van der Waals surface area contributed by atoms with Crippen molar-refractivity contribution in [3.63, 3.8) is 0 Å². The second-order valence-electron chi connectivity index (χ2n) is 4.43. The number of nitrogens with one attached hydrogen (secondary N) is 1. The van der Waals surface area contributed by atoms with E-state index in [2.05, 4.69) is 37.3 Å². The van der Waals surface area contributed by atoms with E-state index in [0.717, 1.165) is 15.6 Å². The molecule has 1 atom stereocenters. The fourth-order valence-corrected chi connectivity index (χ4v) is 3.16. The van der Waals surface area contributed by atoms with Crippen molar-refractivity contribution < 1.29 is 4.39 Å². The maximum absolute atomic E-state index is 14.3. The topological polar surface area (TPSA) is 38.0 Å². The van der Waals surface area contributed by atoms with Gasteiger partial charge in [-0.15, -0.1) is 0 Å². The molecule has 0 spiro atoms. The van der Waals surface area contributed by atoms with Crippen LogP contribution in [-0.4, -0.2) is 0 Å². The van der Waals surface area contributed by atoms with Gasteiger partial charge in [-0.05, 0) is 52.2 Å². The molecule has 2 rings (SSSR count). The number of nitrogens with two attached hydrogens (primary N) is 1. The molecule has 0 fully saturated rings. The van der Waals surface area contributed by atoms with Gasteiger partial charge in [-0.25, -0.2) is 9.82 Å². The normalized spacial score (nSPS) is 12.5. The Morgan fingerprint density at radius 1 is 1.25 bits per heavy atom. The van der Waals surface area contributed by atoms with E-state index in [1.165, 1.54) is 0 Å². The minimum Gasteiger partial charge on any atom is -0.271 e. The zero-order chi connectivity index (χ0) is 14.9. The summed E-state index contributed by atoms with van der Waals surface area (Å²) in [4.78, 5) is 0. The van der Waals surface area contributed by atoms with Crippen LogP contribution in [0.1, 0.15) is 22.7 Å². The highest BCUT2D eigenvalue weighted by molar-refractivity contribution is 9.10. The Kier molecular flexibility index (Phi) is 5.20. The monoisotopic (exact) mass is 420 g/mol. The lowest BCUT2D eigenvalue weighted by Crippen LogP contribution is -2.29. The van der Waals surface area contributed by atoms with Crippen LogP contribution in [-0.2, 0) is 0 Å². The maximum atomic E-state index is 14.3. The molecular weight excluding hydrogens is 410 g/mol. The molecule has 2 nitrogen and oxygen atoms in total. The summed E-state index contributed by atoms with van der Waals surface area (Å²) in [7, 11) is 0. The Bertz CT molecular complexity index is 629. The average molecular weight is 423 g/mol. The van der Waals surface area contributed by atoms with Gasteiger partial charge in [0.25, 0.3) is 0 Å². The first-order valence-electron chi connectivity index (χ1n) is 5.80.